The van der Waals surface area contributed by atoms with Gasteiger partial charge in [0.05, 0.1) is 6.42 Å². The minimum Gasteiger partial charge on any atom is -0.353 e. The van der Waals surface area contributed by atoms with Crippen molar-refractivity contribution in [2.24, 2.45) is 0 Å². The molecule has 4 atom stereocenters. The summed E-state index contributed by atoms with van der Waals surface area (Å²) in [5.74, 6) is -3.31. The molecule has 1 heterocycles. The topological polar surface area (TPSA) is 87.3 Å². The second kappa shape index (κ2) is 11.5. The van der Waals surface area contributed by atoms with Gasteiger partial charge >= 0.3 is 0 Å². The SMILES string of the molecule is C[C@H](NC(=O)Cc1cc(F)cc(F)c1)C(=O)N[C@]1(C)C(=O)NC[C@H](c2ccccc2)C[C@@H]1c1ccccc1. The van der Waals surface area contributed by atoms with E-state index in [-0.39, 0.29) is 29.7 Å². The lowest BCUT2D eigenvalue weighted by Crippen LogP contribution is -2.62. The molecule has 1 aliphatic rings. The van der Waals surface area contributed by atoms with E-state index in [1.165, 1.54) is 6.92 Å². The third-order valence-electron chi connectivity index (χ3n) is 7.11. The fourth-order valence-corrected chi connectivity index (χ4v) is 5.06. The summed E-state index contributed by atoms with van der Waals surface area (Å²) in [4.78, 5) is 39.3. The molecule has 1 saturated heterocycles. The molecular weight excluding hydrogens is 488 g/mol. The highest BCUT2D eigenvalue weighted by Gasteiger charge is 2.47. The quantitative estimate of drug-likeness (QED) is 0.442. The van der Waals surface area contributed by atoms with E-state index >= 15 is 0 Å². The Balaban J connectivity index is 1.53. The summed E-state index contributed by atoms with van der Waals surface area (Å²) in [6.45, 7) is 3.63. The third kappa shape index (κ3) is 6.25. The molecule has 3 aromatic rings. The molecule has 1 fully saturated rings. The van der Waals surface area contributed by atoms with Crippen molar-refractivity contribution < 1.29 is 23.2 Å². The van der Waals surface area contributed by atoms with E-state index in [1.807, 2.05) is 60.7 Å². The van der Waals surface area contributed by atoms with Gasteiger partial charge in [0.1, 0.15) is 23.2 Å². The zero-order valence-electron chi connectivity index (χ0n) is 21.3. The average Bonchev–Trinajstić information content (AvgIpc) is 3.00. The van der Waals surface area contributed by atoms with Crippen LogP contribution in [0.2, 0.25) is 0 Å². The van der Waals surface area contributed by atoms with Gasteiger partial charge in [-0.05, 0) is 49.1 Å². The first-order chi connectivity index (χ1) is 18.2. The summed E-state index contributed by atoms with van der Waals surface area (Å²) in [6, 6.07) is 21.4. The Labute approximate surface area is 220 Å². The number of carbonyl (C=O) groups excluding carboxylic acids is 3. The Kier molecular flexibility index (Phi) is 8.20. The maximum absolute atomic E-state index is 13.5. The van der Waals surface area contributed by atoms with Crippen LogP contribution in [0.3, 0.4) is 0 Å². The highest BCUT2D eigenvalue weighted by Crippen LogP contribution is 2.39. The van der Waals surface area contributed by atoms with Crippen molar-refractivity contribution >= 4 is 17.7 Å². The van der Waals surface area contributed by atoms with Gasteiger partial charge < -0.3 is 16.0 Å². The largest absolute Gasteiger partial charge is 0.353 e. The van der Waals surface area contributed by atoms with Crippen LogP contribution in [0.15, 0.2) is 78.9 Å². The van der Waals surface area contributed by atoms with Crippen LogP contribution in [0, 0.1) is 11.6 Å². The number of benzene rings is 3. The van der Waals surface area contributed by atoms with Crippen molar-refractivity contribution in [1.82, 2.24) is 16.0 Å². The van der Waals surface area contributed by atoms with Crippen LogP contribution in [0.5, 0.6) is 0 Å². The molecule has 0 aromatic heterocycles. The molecule has 1 aliphatic heterocycles. The van der Waals surface area contributed by atoms with Crippen LogP contribution in [-0.4, -0.2) is 35.8 Å². The first kappa shape index (κ1) is 27.0. The Bertz CT molecular complexity index is 1280. The minimum atomic E-state index is -1.30. The van der Waals surface area contributed by atoms with Crippen LogP contribution in [0.4, 0.5) is 8.78 Å². The molecule has 0 aliphatic carbocycles. The van der Waals surface area contributed by atoms with Crippen LogP contribution in [0.1, 0.15) is 48.8 Å². The standard InChI is InChI=1S/C30H31F2N3O3/c1-19(34-27(36)15-20-13-24(31)17-25(32)14-20)28(37)35-30(2)26(22-11-7-4-8-12-22)16-23(18-33-29(30)38)21-9-5-3-6-10-21/h3-14,17,19,23,26H,15-16,18H2,1-2H3,(H,33,38)(H,34,36)(H,35,37)/t19-,23+,26+,30-/m0/s1. The zero-order valence-corrected chi connectivity index (χ0v) is 21.3. The second-order valence-electron chi connectivity index (χ2n) is 9.95. The van der Waals surface area contributed by atoms with Gasteiger partial charge in [-0.25, -0.2) is 8.78 Å². The lowest BCUT2D eigenvalue weighted by molar-refractivity contribution is -0.135. The van der Waals surface area contributed by atoms with E-state index in [0.29, 0.717) is 13.0 Å². The highest BCUT2D eigenvalue weighted by molar-refractivity contribution is 5.95. The van der Waals surface area contributed by atoms with E-state index in [9.17, 15) is 23.2 Å². The van der Waals surface area contributed by atoms with Crippen LogP contribution in [-0.2, 0) is 20.8 Å². The summed E-state index contributed by atoms with van der Waals surface area (Å²) >= 11 is 0. The second-order valence-corrected chi connectivity index (χ2v) is 9.95. The molecule has 4 rings (SSSR count). The molecule has 0 unspecified atom stereocenters. The van der Waals surface area contributed by atoms with Gasteiger partial charge in [-0.1, -0.05) is 60.7 Å². The van der Waals surface area contributed by atoms with Crippen molar-refractivity contribution in [1.29, 1.82) is 0 Å². The molecule has 3 N–H and O–H groups in total. The van der Waals surface area contributed by atoms with Crippen LogP contribution in [0.25, 0.3) is 0 Å². The first-order valence-electron chi connectivity index (χ1n) is 12.6. The van der Waals surface area contributed by atoms with E-state index < -0.39 is 35.0 Å². The van der Waals surface area contributed by atoms with Gasteiger partial charge in [0.25, 0.3) is 0 Å². The Morgan fingerprint density at radius 3 is 2.16 bits per heavy atom. The average molecular weight is 520 g/mol. The smallest absolute Gasteiger partial charge is 0.246 e. The lowest BCUT2D eigenvalue weighted by Gasteiger charge is -2.37. The maximum Gasteiger partial charge on any atom is 0.246 e. The number of hydrogen-bond acceptors (Lipinski definition) is 3. The molecule has 8 heteroatoms. The normalized spacial score (nSPS) is 22.1. The number of hydrogen-bond donors (Lipinski definition) is 3. The zero-order chi connectivity index (χ0) is 27.3. The fourth-order valence-electron chi connectivity index (χ4n) is 5.06. The maximum atomic E-state index is 13.5. The van der Waals surface area contributed by atoms with Gasteiger partial charge in [0.2, 0.25) is 17.7 Å². The van der Waals surface area contributed by atoms with Crippen molar-refractivity contribution in [3.8, 4) is 0 Å². The Morgan fingerprint density at radius 1 is 0.974 bits per heavy atom. The lowest BCUT2D eigenvalue weighted by atomic mass is 9.74. The van der Waals surface area contributed by atoms with Gasteiger partial charge in [-0.2, -0.15) is 0 Å². The molecule has 0 radical (unpaired) electrons. The summed E-state index contributed by atoms with van der Waals surface area (Å²) in [6.07, 6.45) is 0.310. The number of rotatable bonds is 7. The van der Waals surface area contributed by atoms with E-state index in [1.54, 1.807) is 6.92 Å². The summed E-state index contributed by atoms with van der Waals surface area (Å²) in [5.41, 5.74) is 0.864. The van der Waals surface area contributed by atoms with Crippen LogP contribution >= 0.6 is 0 Å². The van der Waals surface area contributed by atoms with Crippen LogP contribution < -0.4 is 16.0 Å². The fraction of sp³-hybridized carbons (Fsp3) is 0.300. The van der Waals surface area contributed by atoms with Gasteiger partial charge in [-0.3, -0.25) is 14.4 Å². The highest BCUT2D eigenvalue weighted by atomic mass is 19.1. The Hall–Kier alpha value is -4.07. The summed E-state index contributed by atoms with van der Waals surface area (Å²) < 4.78 is 27.0. The molecule has 0 spiro atoms. The Morgan fingerprint density at radius 2 is 1.55 bits per heavy atom. The monoisotopic (exact) mass is 519 g/mol. The minimum absolute atomic E-state index is 0.0351. The molecule has 0 saturated carbocycles. The van der Waals surface area contributed by atoms with Gasteiger partial charge in [0.15, 0.2) is 0 Å². The molecule has 6 nitrogen and oxygen atoms in total. The molecule has 0 bridgehead atoms. The number of carbonyl (C=O) groups is 3. The van der Waals surface area contributed by atoms with E-state index in [0.717, 1.165) is 29.3 Å². The van der Waals surface area contributed by atoms with Crippen molar-refractivity contribution in [3.05, 3.63) is 107 Å². The molecular formula is C30H31F2N3O3. The summed E-state index contributed by atoms with van der Waals surface area (Å²) in [5, 5.41) is 8.47. The molecule has 38 heavy (non-hydrogen) atoms. The third-order valence-corrected chi connectivity index (χ3v) is 7.11. The van der Waals surface area contributed by atoms with Gasteiger partial charge in [0, 0.05) is 24.4 Å². The molecule has 198 valence electrons. The first-order valence-corrected chi connectivity index (χ1v) is 12.6. The molecule has 3 amide bonds. The number of halogens is 2. The molecule has 3 aromatic carbocycles. The van der Waals surface area contributed by atoms with E-state index in [4.69, 9.17) is 0 Å². The predicted molar refractivity (Wildman–Crippen MR) is 140 cm³/mol. The van der Waals surface area contributed by atoms with Crippen molar-refractivity contribution in [2.45, 2.75) is 50.1 Å². The van der Waals surface area contributed by atoms with Crippen molar-refractivity contribution in [3.63, 3.8) is 0 Å². The van der Waals surface area contributed by atoms with Crippen molar-refractivity contribution in [2.75, 3.05) is 6.54 Å². The number of nitrogens with one attached hydrogen (secondary N) is 3. The van der Waals surface area contributed by atoms with Gasteiger partial charge in [-0.15, -0.1) is 0 Å². The number of amides is 3. The van der Waals surface area contributed by atoms with E-state index in [2.05, 4.69) is 16.0 Å². The predicted octanol–water partition coefficient (Wildman–Crippen LogP) is 3.97. The summed E-state index contributed by atoms with van der Waals surface area (Å²) in [7, 11) is 0.